The number of hydrogen-bond donors (Lipinski definition) is 3. The van der Waals surface area contributed by atoms with E-state index >= 15 is 0 Å². The number of nitrogens with one attached hydrogen (secondary N) is 1. The van der Waals surface area contributed by atoms with Gasteiger partial charge in [0.05, 0.1) is 0 Å². The Morgan fingerprint density at radius 1 is 0.846 bits per heavy atom. The van der Waals surface area contributed by atoms with E-state index in [4.69, 9.17) is 10.3 Å². The van der Waals surface area contributed by atoms with Crippen LogP contribution in [0.4, 0.5) is 23.2 Å². The molecule has 0 saturated heterocycles. The maximum Gasteiger partial charge on any atom is 0.205 e. The smallest absolute Gasteiger partial charge is 0.205 e. The van der Waals surface area contributed by atoms with Crippen molar-refractivity contribution >= 4 is 5.69 Å². The molecule has 72 valence electrons. The maximum atomic E-state index is 12.5. The highest BCUT2D eigenvalue weighted by Gasteiger charge is 2.24. The molecule has 0 unspecified atom stereocenters. The van der Waals surface area contributed by atoms with Crippen molar-refractivity contribution in [1.29, 1.82) is 0 Å². The highest BCUT2D eigenvalue weighted by Crippen LogP contribution is 2.31. The van der Waals surface area contributed by atoms with E-state index in [2.05, 4.69) is 0 Å². The summed E-state index contributed by atoms with van der Waals surface area (Å²) in [6, 6.07) is 0. The lowest BCUT2D eigenvalue weighted by molar-refractivity contribution is 0.341. The standard InChI is InChI=1S/C6H3F4NO2/c7-1-3(9)6(12)4(10)2(8)5(1)11-13/h11-13H. The Balaban J connectivity index is 3.56. The van der Waals surface area contributed by atoms with Crippen LogP contribution in [0, 0.1) is 23.3 Å². The van der Waals surface area contributed by atoms with Crippen molar-refractivity contribution in [3.8, 4) is 5.75 Å². The van der Waals surface area contributed by atoms with E-state index in [0.29, 0.717) is 0 Å². The SMILES string of the molecule is ONc1c(F)c(F)c(O)c(F)c1F. The summed E-state index contributed by atoms with van der Waals surface area (Å²) >= 11 is 0. The first-order valence-corrected chi connectivity index (χ1v) is 2.95. The third-order valence-corrected chi connectivity index (χ3v) is 1.35. The highest BCUT2D eigenvalue weighted by atomic mass is 19.2. The van der Waals surface area contributed by atoms with Crippen LogP contribution in [0.15, 0.2) is 0 Å². The number of benzene rings is 1. The Labute approximate surface area is 69.2 Å². The fraction of sp³-hybridized carbons (Fsp3) is 0. The average Bonchev–Trinajstić information content (AvgIpc) is 2.13. The van der Waals surface area contributed by atoms with Crippen LogP contribution in [0.1, 0.15) is 0 Å². The first-order chi connectivity index (χ1) is 6.00. The van der Waals surface area contributed by atoms with Gasteiger partial charge in [-0.3, -0.25) is 10.7 Å². The van der Waals surface area contributed by atoms with Crippen LogP contribution in [0.25, 0.3) is 0 Å². The van der Waals surface area contributed by atoms with Gasteiger partial charge in [0, 0.05) is 0 Å². The van der Waals surface area contributed by atoms with Crippen molar-refractivity contribution in [2.24, 2.45) is 0 Å². The number of anilines is 1. The average molecular weight is 197 g/mol. The lowest BCUT2D eigenvalue weighted by atomic mass is 10.2. The molecule has 0 aliphatic rings. The third-order valence-electron chi connectivity index (χ3n) is 1.35. The van der Waals surface area contributed by atoms with Gasteiger partial charge in [-0.25, -0.2) is 8.78 Å². The Morgan fingerprint density at radius 2 is 1.23 bits per heavy atom. The van der Waals surface area contributed by atoms with Gasteiger partial charge in [0.2, 0.25) is 11.6 Å². The molecule has 3 nitrogen and oxygen atoms in total. The monoisotopic (exact) mass is 197 g/mol. The van der Waals surface area contributed by atoms with Crippen molar-refractivity contribution in [1.82, 2.24) is 0 Å². The van der Waals surface area contributed by atoms with E-state index < -0.39 is 34.7 Å². The zero-order valence-electron chi connectivity index (χ0n) is 5.91. The molecule has 13 heavy (non-hydrogen) atoms. The number of phenols is 1. The Hall–Kier alpha value is -1.50. The molecule has 1 rings (SSSR count). The number of hydrogen-bond acceptors (Lipinski definition) is 3. The highest BCUT2D eigenvalue weighted by molar-refractivity contribution is 5.49. The minimum Gasteiger partial charge on any atom is -0.503 e. The van der Waals surface area contributed by atoms with Gasteiger partial charge in [-0.05, 0) is 0 Å². The second-order valence-corrected chi connectivity index (χ2v) is 2.09. The van der Waals surface area contributed by atoms with Crippen molar-refractivity contribution in [3.63, 3.8) is 0 Å². The molecule has 0 spiro atoms. The molecule has 0 aromatic heterocycles. The largest absolute Gasteiger partial charge is 0.503 e. The van der Waals surface area contributed by atoms with Crippen LogP contribution in [0.5, 0.6) is 5.75 Å². The quantitative estimate of drug-likeness (QED) is 0.278. The number of rotatable bonds is 1. The van der Waals surface area contributed by atoms with Gasteiger partial charge in [-0.1, -0.05) is 0 Å². The van der Waals surface area contributed by atoms with Gasteiger partial charge in [-0.15, -0.1) is 0 Å². The van der Waals surface area contributed by atoms with Crippen LogP contribution in [0.2, 0.25) is 0 Å². The van der Waals surface area contributed by atoms with Gasteiger partial charge < -0.3 is 5.11 Å². The Kier molecular flexibility index (Phi) is 2.28. The van der Waals surface area contributed by atoms with Gasteiger partial charge >= 0.3 is 0 Å². The van der Waals surface area contributed by atoms with E-state index in [-0.39, 0.29) is 0 Å². The van der Waals surface area contributed by atoms with Crippen LogP contribution in [-0.4, -0.2) is 10.3 Å². The second-order valence-electron chi connectivity index (χ2n) is 2.09. The molecule has 1 aromatic rings. The summed E-state index contributed by atoms with van der Waals surface area (Å²) in [5, 5.41) is 16.5. The van der Waals surface area contributed by atoms with E-state index in [1.54, 1.807) is 0 Å². The minimum atomic E-state index is -1.98. The third kappa shape index (κ3) is 1.26. The topological polar surface area (TPSA) is 52.5 Å². The molecule has 1 aromatic carbocycles. The zero-order valence-corrected chi connectivity index (χ0v) is 5.91. The molecule has 0 heterocycles. The summed E-state index contributed by atoms with van der Waals surface area (Å²) in [4.78, 5) is 0. The van der Waals surface area contributed by atoms with Gasteiger partial charge in [-0.2, -0.15) is 8.78 Å². The number of aromatic hydroxyl groups is 1. The van der Waals surface area contributed by atoms with Crippen LogP contribution in [0.3, 0.4) is 0 Å². The Morgan fingerprint density at radius 3 is 1.54 bits per heavy atom. The van der Waals surface area contributed by atoms with Crippen molar-refractivity contribution < 1.29 is 27.9 Å². The van der Waals surface area contributed by atoms with Crippen molar-refractivity contribution in [2.45, 2.75) is 0 Å². The van der Waals surface area contributed by atoms with Crippen LogP contribution in [-0.2, 0) is 0 Å². The summed E-state index contributed by atoms with van der Waals surface area (Å²) in [7, 11) is 0. The summed E-state index contributed by atoms with van der Waals surface area (Å²) in [6.45, 7) is 0. The summed E-state index contributed by atoms with van der Waals surface area (Å²) in [5.41, 5.74) is -0.464. The molecule has 7 heteroatoms. The van der Waals surface area contributed by atoms with Crippen LogP contribution >= 0.6 is 0 Å². The Bertz CT molecular complexity index is 326. The van der Waals surface area contributed by atoms with Crippen LogP contribution < -0.4 is 5.48 Å². The zero-order chi connectivity index (χ0) is 10.2. The molecule has 0 saturated carbocycles. The first-order valence-electron chi connectivity index (χ1n) is 2.95. The first kappa shape index (κ1) is 9.59. The fourth-order valence-electron chi connectivity index (χ4n) is 0.718. The second kappa shape index (κ2) is 3.09. The minimum absolute atomic E-state index is 0.931. The van der Waals surface area contributed by atoms with Gasteiger partial charge in [0.25, 0.3) is 0 Å². The molecular formula is C6H3F4NO2. The molecule has 0 amide bonds. The lowest BCUT2D eigenvalue weighted by Crippen LogP contribution is -2.03. The van der Waals surface area contributed by atoms with E-state index in [9.17, 15) is 17.6 Å². The molecular weight excluding hydrogens is 194 g/mol. The van der Waals surface area contributed by atoms with Gasteiger partial charge in [0.1, 0.15) is 5.69 Å². The molecule has 0 fully saturated rings. The molecule has 3 N–H and O–H groups in total. The van der Waals surface area contributed by atoms with Crippen molar-refractivity contribution in [3.05, 3.63) is 23.3 Å². The number of halogens is 4. The predicted octanol–water partition coefficient (Wildman–Crippen LogP) is 1.75. The summed E-state index contributed by atoms with van der Waals surface area (Å²) in [5.74, 6) is -9.53. The van der Waals surface area contributed by atoms with E-state index in [1.807, 2.05) is 0 Å². The molecule has 0 bridgehead atoms. The van der Waals surface area contributed by atoms with Gasteiger partial charge in [0.15, 0.2) is 17.4 Å². The molecule has 0 radical (unpaired) electrons. The predicted molar refractivity (Wildman–Crippen MR) is 33.3 cm³/mol. The lowest BCUT2D eigenvalue weighted by Gasteiger charge is -2.06. The summed E-state index contributed by atoms with van der Waals surface area (Å²) < 4.78 is 50.0. The molecule has 0 atom stereocenters. The van der Waals surface area contributed by atoms with Crippen molar-refractivity contribution in [2.75, 3.05) is 5.48 Å². The normalized spacial score (nSPS) is 10.2. The summed E-state index contributed by atoms with van der Waals surface area (Å²) in [6.07, 6.45) is 0. The van der Waals surface area contributed by atoms with E-state index in [0.717, 1.165) is 5.48 Å². The molecule has 0 aliphatic carbocycles. The maximum absolute atomic E-state index is 12.5. The van der Waals surface area contributed by atoms with E-state index in [1.165, 1.54) is 0 Å². The fourth-order valence-corrected chi connectivity index (χ4v) is 0.718. The molecule has 0 aliphatic heterocycles. The number of phenolic OH excluding ortho intramolecular Hbond substituents is 1.